The fourth-order valence-electron chi connectivity index (χ4n) is 2.78. The smallest absolute Gasteiger partial charge is 0.261 e. The van der Waals surface area contributed by atoms with Crippen molar-refractivity contribution in [2.75, 3.05) is 6.61 Å². The zero-order valence-corrected chi connectivity index (χ0v) is 19.6. The number of carbonyl (C=O) groups excluding carboxylic acids is 2. The Kier molecular flexibility index (Phi) is 8.83. The normalized spacial score (nSPS) is 11.9. The molecular formula is C22H25Cl3N2O3. The molecule has 0 saturated carbocycles. The minimum absolute atomic E-state index is 0.0610. The highest BCUT2D eigenvalue weighted by Gasteiger charge is 2.28. The van der Waals surface area contributed by atoms with Crippen molar-refractivity contribution >= 4 is 46.6 Å². The van der Waals surface area contributed by atoms with Crippen LogP contribution in [0.3, 0.4) is 0 Å². The minimum Gasteiger partial charge on any atom is -0.484 e. The molecule has 2 aromatic carbocycles. The van der Waals surface area contributed by atoms with Gasteiger partial charge in [0.05, 0.1) is 0 Å². The lowest BCUT2D eigenvalue weighted by molar-refractivity contribution is -0.142. The number of hydrogen-bond donors (Lipinski definition) is 1. The third-order valence-corrected chi connectivity index (χ3v) is 5.61. The second-order valence-electron chi connectivity index (χ2n) is 7.26. The summed E-state index contributed by atoms with van der Waals surface area (Å²) in [6, 6.07) is 9.44. The van der Waals surface area contributed by atoms with Crippen LogP contribution in [-0.2, 0) is 16.1 Å². The SMILES string of the molecule is Cc1cc(OCC(=O)N(Cc2c(Cl)cccc2Cl)[C@H](C)C(=O)NC(C)C)ccc1Cl. The molecule has 2 amide bonds. The molecule has 8 heteroatoms. The van der Waals surface area contributed by atoms with E-state index in [4.69, 9.17) is 39.5 Å². The number of rotatable bonds is 8. The van der Waals surface area contributed by atoms with Gasteiger partial charge in [0.15, 0.2) is 6.61 Å². The average molecular weight is 472 g/mol. The van der Waals surface area contributed by atoms with Gasteiger partial charge in [-0.25, -0.2) is 0 Å². The van der Waals surface area contributed by atoms with Crippen molar-refractivity contribution in [3.05, 3.63) is 62.6 Å². The number of nitrogens with one attached hydrogen (secondary N) is 1. The minimum atomic E-state index is -0.747. The van der Waals surface area contributed by atoms with Crippen LogP contribution in [0.15, 0.2) is 36.4 Å². The quantitative estimate of drug-likeness (QED) is 0.570. The van der Waals surface area contributed by atoms with Gasteiger partial charge in [0.2, 0.25) is 5.91 Å². The predicted octanol–water partition coefficient (Wildman–Crippen LogP) is 5.28. The molecule has 30 heavy (non-hydrogen) atoms. The predicted molar refractivity (Wildman–Crippen MR) is 121 cm³/mol. The summed E-state index contributed by atoms with van der Waals surface area (Å²) in [7, 11) is 0. The standard InChI is InChI=1S/C22H25Cl3N2O3/c1-13(2)26-22(29)15(4)27(11-17-19(24)6-5-7-20(17)25)21(28)12-30-16-8-9-18(23)14(3)10-16/h5-10,13,15H,11-12H2,1-4H3,(H,26,29)/t15-/m1/s1. The number of ether oxygens (including phenoxy) is 1. The molecule has 0 unspecified atom stereocenters. The first-order chi connectivity index (χ1) is 14.1. The highest BCUT2D eigenvalue weighted by molar-refractivity contribution is 6.36. The molecule has 162 valence electrons. The van der Waals surface area contributed by atoms with Crippen LogP contribution in [0, 0.1) is 6.92 Å². The molecule has 0 bridgehead atoms. The number of hydrogen-bond acceptors (Lipinski definition) is 3. The van der Waals surface area contributed by atoms with Crippen molar-refractivity contribution < 1.29 is 14.3 Å². The van der Waals surface area contributed by atoms with Crippen LogP contribution in [0.2, 0.25) is 15.1 Å². The maximum Gasteiger partial charge on any atom is 0.261 e. The van der Waals surface area contributed by atoms with Gasteiger partial charge in [0.25, 0.3) is 5.91 Å². The van der Waals surface area contributed by atoms with E-state index in [9.17, 15) is 9.59 Å². The van der Waals surface area contributed by atoms with E-state index < -0.39 is 6.04 Å². The largest absolute Gasteiger partial charge is 0.484 e. The van der Waals surface area contributed by atoms with Gasteiger partial charge in [0.1, 0.15) is 11.8 Å². The van der Waals surface area contributed by atoms with Crippen LogP contribution >= 0.6 is 34.8 Å². The molecule has 1 atom stereocenters. The Labute approximate surface area is 192 Å². The molecule has 0 radical (unpaired) electrons. The number of benzene rings is 2. The summed E-state index contributed by atoms with van der Waals surface area (Å²) in [6.45, 7) is 7.05. The number of halogens is 3. The molecule has 0 heterocycles. The van der Waals surface area contributed by atoms with Crippen molar-refractivity contribution in [2.45, 2.75) is 46.3 Å². The van der Waals surface area contributed by atoms with Gasteiger partial charge in [-0.15, -0.1) is 0 Å². The summed E-state index contributed by atoms with van der Waals surface area (Å²) in [5, 5.41) is 4.28. The van der Waals surface area contributed by atoms with Crippen molar-refractivity contribution in [2.24, 2.45) is 0 Å². The van der Waals surface area contributed by atoms with Crippen molar-refractivity contribution in [1.82, 2.24) is 10.2 Å². The number of carbonyl (C=O) groups is 2. The first-order valence-electron chi connectivity index (χ1n) is 9.51. The molecule has 0 aromatic heterocycles. The van der Waals surface area contributed by atoms with Gasteiger partial charge in [-0.05, 0) is 63.6 Å². The molecule has 0 aliphatic heterocycles. The summed E-state index contributed by atoms with van der Waals surface area (Å²) >= 11 is 18.6. The van der Waals surface area contributed by atoms with Crippen molar-refractivity contribution in [3.8, 4) is 5.75 Å². The second-order valence-corrected chi connectivity index (χ2v) is 8.48. The van der Waals surface area contributed by atoms with E-state index in [0.29, 0.717) is 26.4 Å². The van der Waals surface area contributed by atoms with Gasteiger partial charge in [-0.3, -0.25) is 9.59 Å². The zero-order valence-electron chi connectivity index (χ0n) is 17.3. The van der Waals surface area contributed by atoms with E-state index in [2.05, 4.69) is 5.32 Å². The highest BCUT2D eigenvalue weighted by Crippen LogP contribution is 2.27. The number of amides is 2. The Morgan fingerprint density at radius 2 is 1.67 bits per heavy atom. The van der Waals surface area contributed by atoms with E-state index >= 15 is 0 Å². The van der Waals surface area contributed by atoms with E-state index in [1.165, 1.54) is 4.90 Å². The van der Waals surface area contributed by atoms with Gasteiger partial charge in [0, 0.05) is 33.2 Å². The van der Waals surface area contributed by atoms with Crippen LogP contribution < -0.4 is 10.1 Å². The Hall–Kier alpha value is -1.95. The Balaban J connectivity index is 2.23. The summed E-state index contributed by atoms with van der Waals surface area (Å²) in [6.07, 6.45) is 0. The van der Waals surface area contributed by atoms with E-state index in [-0.39, 0.29) is 31.0 Å². The van der Waals surface area contributed by atoms with Crippen LogP contribution in [0.1, 0.15) is 31.9 Å². The maximum absolute atomic E-state index is 13.0. The topological polar surface area (TPSA) is 58.6 Å². The maximum atomic E-state index is 13.0. The molecule has 2 aromatic rings. The van der Waals surface area contributed by atoms with Crippen LogP contribution in [0.25, 0.3) is 0 Å². The molecule has 0 aliphatic rings. The Morgan fingerprint density at radius 3 is 2.23 bits per heavy atom. The molecule has 1 N–H and O–H groups in total. The third-order valence-electron chi connectivity index (χ3n) is 4.48. The van der Waals surface area contributed by atoms with Crippen molar-refractivity contribution in [1.29, 1.82) is 0 Å². The fourth-order valence-corrected chi connectivity index (χ4v) is 3.41. The molecule has 0 aliphatic carbocycles. The first kappa shape index (κ1) is 24.3. The van der Waals surface area contributed by atoms with E-state index in [1.807, 2.05) is 20.8 Å². The molecule has 0 saturated heterocycles. The van der Waals surface area contributed by atoms with Gasteiger partial charge >= 0.3 is 0 Å². The summed E-state index contributed by atoms with van der Waals surface area (Å²) in [4.78, 5) is 27.0. The molecular weight excluding hydrogens is 447 g/mol. The lowest BCUT2D eigenvalue weighted by Gasteiger charge is -2.30. The highest BCUT2D eigenvalue weighted by atomic mass is 35.5. The van der Waals surface area contributed by atoms with E-state index in [0.717, 1.165) is 5.56 Å². The summed E-state index contributed by atoms with van der Waals surface area (Å²) in [5.41, 5.74) is 1.41. The lowest BCUT2D eigenvalue weighted by atomic mass is 10.1. The lowest BCUT2D eigenvalue weighted by Crippen LogP contribution is -2.50. The Morgan fingerprint density at radius 1 is 1.03 bits per heavy atom. The third kappa shape index (κ3) is 6.53. The van der Waals surface area contributed by atoms with Crippen molar-refractivity contribution in [3.63, 3.8) is 0 Å². The van der Waals surface area contributed by atoms with E-state index in [1.54, 1.807) is 43.3 Å². The summed E-state index contributed by atoms with van der Waals surface area (Å²) < 4.78 is 5.65. The molecule has 0 fully saturated rings. The molecule has 2 rings (SSSR count). The monoisotopic (exact) mass is 470 g/mol. The van der Waals surface area contributed by atoms with Gasteiger partial charge in [-0.2, -0.15) is 0 Å². The second kappa shape index (κ2) is 10.9. The van der Waals surface area contributed by atoms with Crippen LogP contribution in [0.4, 0.5) is 0 Å². The van der Waals surface area contributed by atoms with Gasteiger partial charge in [-0.1, -0.05) is 40.9 Å². The zero-order chi connectivity index (χ0) is 22.4. The fraction of sp³-hybridized carbons (Fsp3) is 0.364. The van der Waals surface area contributed by atoms with Gasteiger partial charge < -0.3 is 15.0 Å². The Bertz CT molecular complexity index is 898. The average Bonchev–Trinajstić information content (AvgIpc) is 2.67. The molecule has 5 nitrogen and oxygen atoms in total. The summed E-state index contributed by atoms with van der Waals surface area (Å²) in [5.74, 6) is -0.130. The van der Waals surface area contributed by atoms with Crippen LogP contribution in [0.5, 0.6) is 5.75 Å². The number of nitrogens with zero attached hydrogens (tertiary/aromatic N) is 1. The number of aryl methyl sites for hydroxylation is 1. The van der Waals surface area contributed by atoms with Crippen LogP contribution in [-0.4, -0.2) is 35.4 Å². The first-order valence-corrected chi connectivity index (χ1v) is 10.6. The molecule has 0 spiro atoms.